The number of nitrogens with zero attached hydrogens (tertiary/aromatic N) is 5. The third-order valence-electron chi connectivity index (χ3n) is 8.67. The highest BCUT2D eigenvalue weighted by molar-refractivity contribution is 5.35. The van der Waals surface area contributed by atoms with E-state index in [1.807, 2.05) is 72.3 Å². The number of benzene rings is 3. The van der Waals surface area contributed by atoms with Crippen molar-refractivity contribution < 1.29 is 31.1 Å². The third kappa shape index (κ3) is 5.53. The molecule has 0 amide bonds. The smallest absolute Gasteiger partial charge is 0.371 e. The van der Waals surface area contributed by atoms with Gasteiger partial charge in [0, 0.05) is 12.6 Å². The van der Waals surface area contributed by atoms with Crippen LogP contribution in [0.3, 0.4) is 0 Å². The molecule has 43 heavy (non-hydrogen) atoms. The molecule has 4 aromatic rings. The molecule has 226 valence electrons. The molecular weight excluding hydrogens is 572 g/mol. The summed E-state index contributed by atoms with van der Waals surface area (Å²) in [5.41, 5.74) is -1.64. The zero-order chi connectivity index (χ0) is 30.4. The van der Waals surface area contributed by atoms with E-state index in [0.717, 1.165) is 23.3 Å². The Hall–Kier alpha value is -3.77. The highest BCUT2D eigenvalue weighted by Gasteiger charge is 2.60. The van der Waals surface area contributed by atoms with Crippen molar-refractivity contribution >= 4 is 0 Å². The van der Waals surface area contributed by atoms with Gasteiger partial charge in [0.15, 0.2) is 0 Å². The number of rotatable bonds is 7. The summed E-state index contributed by atoms with van der Waals surface area (Å²) in [6.45, 7) is 1.98. The Kier molecular flexibility index (Phi) is 7.54. The number of ether oxygens (including phenoxy) is 1. The topological polar surface area (TPSA) is 56.1 Å². The standard InChI is InChI=1S/C31H29F6N5O/c1-20-38-39-40-42(20)27-17-29(23-10-6-3-7-11-23)28(13-12-26(27)41(29)18-21-8-4-2-5-9-21)43-19-22-14-24(30(32,33)34)16-25(15-22)31(35,36)37/h2-11,14-16,26-28H,12-13,17-19H2,1H3. The number of fused-ring (bicyclic) bond motifs is 2. The fourth-order valence-corrected chi connectivity index (χ4v) is 6.85. The number of hydrogen-bond donors (Lipinski definition) is 0. The molecule has 0 saturated carbocycles. The van der Waals surface area contributed by atoms with E-state index in [1.165, 1.54) is 0 Å². The second-order valence-corrected chi connectivity index (χ2v) is 11.2. The van der Waals surface area contributed by atoms with Crippen molar-refractivity contribution in [3.8, 4) is 0 Å². The van der Waals surface area contributed by atoms with Crippen molar-refractivity contribution in [2.45, 2.75) is 75.4 Å². The first-order valence-electron chi connectivity index (χ1n) is 14.0. The largest absolute Gasteiger partial charge is 0.416 e. The second kappa shape index (κ2) is 11.1. The van der Waals surface area contributed by atoms with E-state index in [2.05, 4.69) is 20.4 Å². The summed E-state index contributed by atoms with van der Waals surface area (Å²) in [4.78, 5) is 2.37. The minimum absolute atomic E-state index is 0.00727. The van der Waals surface area contributed by atoms with Crippen molar-refractivity contribution in [1.82, 2.24) is 25.1 Å². The van der Waals surface area contributed by atoms with Crippen molar-refractivity contribution in [3.63, 3.8) is 0 Å². The fourth-order valence-electron chi connectivity index (χ4n) is 6.85. The lowest BCUT2D eigenvalue weighted by Gasteiger charge is -2.50. The van der Waals surface area contributed by atoms with Crippen LogP contribution in [0.4, 0.5) is 26.3 Å². The van der Waals surface area contributed by atoms with Crippen molar-refractivity contribution in [2.75, 3.05) is 0 Å². The third-order valence-corrected chi connectivity index (χ3v) is 8.67. The summed E-state index contributed by atoms with van der Waals surface area (Å²) in [5.74, 6) is 0.654. The SMILES string of the molecule is Cc1nnnn1C1CC2(c3ccccc3)C(OCc3cc(C(F)(F)F)cc(C(F)(F)F)c3)CCC1N2Cc1ccccc1. The number of halogens is 6. The zero-order valence-corrected chi connectivity index (χ0v) is 23.2. The number of alkyl halides is 6. The normalized spacial score (nSPS) is 24.4. The number of piperidine rings is 1. The molecule has 0 radical (unpaired) electrons. The summed E-state index contributed by atoms with van der Waals surface area (Å²) in [6, 6.07) is 21.1. The van der Waals surface area contributed by atoms with E-state index >= 15 is 0 Å². The van der Waals surface area contributed by atoms with Gasteiger partial charge < -0.3 is 4.74 Å². The predicted octanol–water partition coefficient (Wildman–Crippen LogP) is 7.11. The lowest BCUT2D eigenvalue weighted by atomic mass is 9.78. The zero-order valence-electron chi connectivity index (χ0n) is 23.2. The molecule has 0 N–H and O–H groups in total. The maximum atomic E-state index is 13.6. The van der Waals surface area contributed by atoms with Crippen LogP contribution in [0.25, 0.3) is 0 Å². The Morgan fingerprint density at radius 2 is 1.44 bits per heavy atom. The van der Waals surface area contributed by atoms with E-state index in [-0.39, 0.29) is 23.7 Å². The maximum Gasteiger partial charge on any atom is 0.416 e. The highest BCUT2D eigenvalue weighted by Crippen LogP contribution is 2.56. The molecule has 6 rings (SSSR count). The van der Waals surface area contributed by atoms with E-state index < -0.39 is 41.7 Å². The minimum atomic E-state index is -4.94. The summed E-state index contributed by atoms with van der Waals surface area (Å²) >= 11 is 0. The Bertz CT molecular complexity index is 1530. The van der Waals surface area contributed by atoms with Crippen LogP contribution < -0.4 is 0 Å². The fraction of sp³-hybridized carbons (Fsp3) is 0.387. The Labute approximate surface area is 244 Å². The summed E-state index contributed by atoms with van der Waals surface area (Å²) in [5, 5.41) is 12.2. The van der Waals surface area contributed by atoms with Crippen molar-refractivity contribution in [1.29, 1.82) is 0 Å². The van der Waals surface area contributed by atoms with Gasteiger partial charge in [-0.3, -0.25) is 4.90 Å². The van der Waals surface area contributed by atoms with Crippen LogP contribution >= 0.6 is 0 Å². The molecule has 3 heterocycles. The molecule has 1 aromatic heterocycles. The lowest BCUT2D eigenvalue weighted by Crippen LogP contribution is -2.56. The number of hydrogen-bond acceptors (Lipinski definition) is 5. The molecule has 2 saturated heterocycles. The van der Waals surface area contributed by atoms with Gasteiger partial charge in [-0.15, -0.1) is 5.10 Å². The Morgan fingerprint density at radius 1 is 0.814 bits per heavy atom. The molecular formula is C31H29F6N5O. The monoisotopic (exact) mass is 601 g/mol. The molecule has 3 aromatic carbocycles. The average Bonchev–Trinajstić information content (AvgIpc) is 3.49. The second-order valence-electron chi connectivity index (χ2n) is 11.2. The first-order chi connectivity index (χ1) is 20.5. The molecule has 12 heteroatoms. The van der Waals surface area contributed by atoms with Crippen LogP contribution in [0.5, 0.6) is 0 Å². The maximum absolute atomic E-state index is 13.6. The number of aryl methyl sites for hydroxylation is 1. The lowest BCUT2D eigenvalue weighted by molar-refractivity contribution is -0.143. The van der Waals surface area contributed by atoms with Gasteiger partial charge in [-0.2, -0.15) is 26.3 Å². The molecule has 4 atom stereocenters. The van der Waals surface area contributed by atoms with Crippen LogP contribution in [0.2, 0.25) is 0 Å². The summed E-state index contributed by atoms with van der Waals surface area (Å²) in [7, 11) is 0. The molecule has 6 nitrogen and oxygen atoms in total. The van der Waals surface area contributed by atoms with Crippen LogP contribution in [-0.4, -0.2) is 37.3 Å². The predicted molar refractivity (Wildman–Crippen MR) is 144 cm³/mol. The van der Waals surface area contributed by atoms with E-state index in [4.69, 9.17) is 4.74 Å². The van der Waals surface area contributed by atoms with Gasteiger partial charge in [0.2, 0.25) is 0 Å². The molecule has 2 aliphatic rings. The van der Waals surface area contributed by atoms with Crippen molar-refractivity contribution in [3.05, 3.63) is 113 Å². The number of aromatic nitrogens is 4. The summed E-state index contributed by atoms with van der Waals surface area (Å²) in [6.07, 6.45) is -8.65. The molecule has 0 aliphatic carbocycles. The van der Waals surface area contributed by atoms with Crippen LogP contribution in [0.15, 0.2) is 78.9 Å². The quantitative estimate of drug-likeness (QED) is 0.212. The van der Waals surface area contributed by atoms with E-state index in [1.54, 1.807) is 0 Å². The minimum Gasteiger partial charge on any atom is -0.371 e. The van der Waals surface area contributed by atoms with Gasteiger partial charge >= 0.3 is 12.4 Å². The van der Waals surface area contributed by atoms with Gasteiger partial charge in [-0.25, -0.2) is 4.68 Å². The van der Waals surface area contributed by atoms with Crippen LogP contribution in [0.1, 0.15) is 58.9 Å². The van der Waals surface area contributed by atoms with Gasteiger partial charge in [-0.1, -0.05) is 60.7 Å². The molecule has 2 aliphatic heterocycles. The number of tetrazole rings is 1. The average molecular weight is 602 g/mol. The first-order valence-corrected chi connectivity index (χ1v) is 14.0. The first kappa shape index (κ1) is 29.3. The molecule has 4 unspecified atom stereocenters. The van der Waals surface area contributed by atoms with Gasteiger partial charge in [0.05, 0.1) is 35.4 Å². The van der Waals surface area contributed by atoms with Gasteiger partial charge in [-0.05, 0) is 71.5 Å². The van der Waals surface area contributed by atoms with Crippen molar-refractivity contribution in [2.24, 2.45) is 0 Å². The van der Waals surface area contributed by atoms with Gasteiger partial charge in [0.25, 0.3) is 0 Å². The molecule has 2 fully saturated rings. The van der Waals surface area contributed by atoms with E-state index in [9.17, 15) is 26.3 Å². The van der Waals surface area contributed by atoms with E-state index in [0.29, 0.717) is 31.6 Å². The molecule has 2 bridgehead atoms. The van der Waals surface area contributed by atoms with Crippen LogP contribution in [0, 0.1) is 6.92 Å². The van der Waals surface area contributed by atoms with Crippen LogP contribution in [-0.2, 0) is 35.8 Å². The molecule has 0 spiro atoms. The Balaban J connectivity index is 1.42. The highest BCUT2D eigenvalue weighted by atomic mass is 19.4. The Morgan fingerprint density at radius 3 is 2.02 bits per heavy atom. The van der Waals surface area contributed by atoms with Gasteiger partial charge in [0.1, 0.15) is 5.82 Å². The summed E-state index contributed by atoms with van der Waals surface area (Å²) < 4.78 is 89.7.